The van der Waals surface area contributed by atoms with Crippen LogP contribution in [0.5, 0.6) is 11.5 Å². The number of nitrogens with one attached hydrogen (secondary N) is 4. The number of hydrogen-bond acceptors (Lipinski definition) is 22. The normalized spacial score (nSPS) is 14.9. The Hall–Kier alpha value is -6.16. The van der Waals surface area contributed by atoms with E-state index in [1.807, 2.05) is 9.80 Å². The minimum Gasteiger partial charge on any atom is -0.495 e. The highest BCUT2D eigenvalue weighted by Gasteiger charge is 2.33. The summed E-state index contributed by atoms with van der Waals surface area (Å²) in [6.07, 6.45) is 0. The van der Waals surface area contributed by atoms with E-state index in [0.717, 1.165) is 0 Å². The van der Waals surface area contributed by atoms with Crippen molar-refractivity contribution in [2.24, 2.45) is 0 Å². The predicted octanol–water partition coefficient (Wildman–Crippen LogP) is 4.21. The minimum absolute atomic E-state index is 0.0618. The fourth-order valence-corrected chi connectivity index (χ4v) is 14.9. The number of carbonyl (C=O) groups is 8. The van der Waals surface area contributed by atoms with Crippen LogP contribution in [0.1, 0.15) is 94.0 Å². The second kappa shape index (κ2) is 32.5. The second-order valence-corrected chi connectivity index (χ2v) is 26.7. The van der Waals surface area contributed by atoms with E-state index < -0.39 is 48.7 Å². The molecule has 6 N–H and O–H groups in total. The molecule has 4 fully saturated rings. The summed E-state index contributed by atoms with van der Waals surface area (Å²) in [7, 11) is 2.75. The van der Waals surface area contributed by atoms with Crippen LogP contribution >= 0.6 is 95.9 Å². The third-order valence-corrected chi connectivity index (χ3v) is 20.3. The monoisotopic (exact) mass is 1350 g/mol. The van der Waals surface area contributed by atoms with Crippen molar-refractivity contribution in [2.75, 3.05) is 129 Å². The zero-order chi connectivity index (χ0) is 63.0. The number of benzene rings is 4. The molecule has 4 saturated heterocycles. The average Bonchev–Trinajstić information content (AvgIpc) is 3.51. The maximum Gasteiger partial charge on any atom is 0.263 e. The van der Waals surface area contributed by atoms with Gasteiger partial charge in [0.25, 0.3) is 47.3 Å². The summed E-state index contributed by atoms with van der Waals surface area (Å²) >= 11 is 27.1. The standard InChI is InChI=1S/C58H64N10O12S8/c1-79-45-39(11-5-13-41(45)53(77)67-27-31-87-57(67)83)49(73)61-17-21-63(19-15-59-47(71)35-7-3-9-37(43(35)33-69)51(75)65-25-29-85-55(65)81)23-24-64(20-16-60-48(72)36-8-4-10-38(44(36)34-70)52(76)66-26-30-86-56(66)82)22-18-62-50(74)40-12-6-14-42(46(40)80-2)54(78)68-28-32-88-58(68)84/h3-14,69-70H,15-34H2,1-2H3,(H,59,71)(H,60,72)(H,61,73)(H,62,74). The van der Waals surface area contributed by atoms with Gasteiger partial charge in [0, 0.05) is 148 Å². The van der Waals surface area contributed by atoms with Crippen LogP contribution in [0.25, 0.3) is 0 Å². The molecule has 0 atom stereocenters. The molecule has 88 heavy (non-hydrogen) atoms. The third kappa shape index (κ3) is 16.2. The molecule has 0 bridgehead atoms. The molecular formula is C58H64N10O12S8. The first-order valence-corrected chi connectivity index (χ1v) is 33.4. The fourth-order valence-electron chi connectivity index (χ4n) is 10.1. The van der Waals surface area contributed by atoms with Gasteiger partial charge in [0.1, 0.15) is 28.8 Å². The van der Waals surface area contributed by atoms with Crippen molar-refractivity contribution >= 4 is 160 Å². The maximum absolute atomic E-state index is 14.0. The molecule has 0 radical (unpaired) electrons. The number of thioether (sulfide) groups is 4. The van der Waals surface area contributed by atoms with E-state index in [9.17, 15) is 48.6 Å². The highest BCUT2D eigenvalue weighted by Crippen LogP contribution is 2.31. The van der Waals surface area contributed by atoms with Crippen LogP contribution in [0.15, 0.2) is 72.8 Å². The lowest BCUT2D eigenvalue weighted by atomic mass is 10.00. The highest BCUT2D eigenvalue weighted by atomic mass is 32.2. The van der Waals surface area contributed by atoms with Gasteiger partial charge in [-0.25, -0.2) is 0 Å². The number of aliphatic hydroxyl groups excluding tert-OH is 2. The largest absolute Gasteiger partial charge is 0.495 e. The molecule has 4 aliphatic heterocycles. The first kappa shape index (κ1) is 67.8. The zero-order valence-electron chi connectivity index (χ0n) is 48.0. The van der Waals surface area contributed by atoms with Crippen LogP contribution < -0.4 is 30.7 Å². The zero-order valence-corrected chi connectivity index (χ0v) is 54.5. The molecule has 0 saturated carbocycles. The summed E-state index contributed by atoms with van der Waals surface area (Å²) in [5.41, 5.74) is 1.39. The lowest BCUT2D eigenvalue weighted by molar-refractivity contribution is 0.0848. The van der Waals surface area contributed by atoms with Crippen LogP contribution in [0.3, 0.4) is 0 Å². The summed E-state index contributed by atoms with van der Waals surface area (Å²) < 4.78 is 13.0. The van der Waals surface area contributed by atoms with Crippen LogP contribution in [0.4, 0.5) is 0 Å². The number of para-hydroxylation sites is 2. The topological polar surface area (TPSA) is 263 Å². The SMILES string of the molecule is COc1c(C(=O)NCCN(CCNC(=O)c2cccc(C(=O)N3CCSC3=S)c2CO)CCN(CCNC(=O)c2cccc(C(=O)N3CCSC3=S)c2CO)CCNC(=O)c2cccc(C(=O)N3CCSC3=S)c2OC)cccc1C(=O)N1CCSC1=S. The number of ether oxygens (including phenoxy) is 2. The van der Waals surface area contributed by atoms with Gasteiger partial charge < -0.3 is 41.0 Å². The summed E-state index contributed by atoms with van der Waals surface area (Å²) in [6, 6.07) is 18.7. The quantitative estimate of drug-likeness (QED) is 0.0457. The molecule has 8 rings (SSSR count). The van der Waals surface area contributed by atoms with Gasteiger partial charge in [0.15, 0.2) is 0 Å². The van der Waals surface area contributed by atoms with Gasteiger partial charge in [-0.3, -0.25) is 67.8 Å². The molecule has 466 valence electrons. The van der Waals surface area contributed by atoms with Crippen molar-refractivity contribution in [1.82, 2.24) is 50.7 Å². The predicted molar refractivity (Wildman–Crippen MR) is 357 cm³/mol. The molecule has 30 heteroatoms. The number of methoxy groups -OCH3 is 2. The summed E-state index contributed by atoms with van der Waals surface area (Å²) in [5.74, 6) is -1.03. The molecule has 4 aromatic rings. The van der Waals surface area contributed by atoms with Crippen molar-refractivity contribution < 1.29 is 58.0 Å². The average molecular weight is 1350 g/mol. The minimum atomic E-state index is -0.595. The van der Waals surface area contributed by atoms with Crippen LogP contribution in [0.2, 0.25) is 0 Å². The van der Waals surface area contributed by atoms with Gasteiger partial charge in [-0.2, -0.15) is 0 Å². The number of amides is 8. The summed E-state index contributed by atoms with van der Waals surface area (Å²) in [4.78, 5) is 120. The number of nitrogens with zero attached hydrogens (tertiary/aromatic N) is 6. The van der Waals surface area contributed by atoms with Gasteiger partial charge in [-0.05, 0) is 48.5 Å². The van der Waals surface area contributed by atoms with Crippen LogP contribution in [0, 0.1) is 0 Å². The van der Waals surface area contributed by atoms with Gasteiger partial charge in [0.05, 0.1) is 49.7 Å². The number of aliphatic hydroxyl groups is 2. The number of carbonyl (C=O) groups excluding carboxylic acids is 8. The molecule has 22 nitrogen and oxygen atoms in total. The number of thiocarbonyl (C=S) groups is 4. The van der Waals surface area contributed by atoms with E-state index in [2.05, 4.69) is 21.3 Å². The van der Waals surface area contributed by atoms with Gasteiger partial charge in [-0.15, -0.1) is 0 Å². The molecule has 4 heterocycles. The number of rotatable bonds is 27. The lowest BCUT2D eigenvalue weighted by Gasteiger charge is -2.28. The molecule has 0 aliphatic carbocycles. The second-order valence-electron chi connectivity index (χ2n) is 19.7. The summed E-state index contributed by atoms with van der Waals surface area (Å²) in [6.45, 7) is 2.16. The lowest BCUT2D eigenvalue weighted by Crippen LogP contribution is -2.46. The molecule has 0 spiro atoms. The van der Waals surface area contributed by atoms with E-state index in [1.165, 1.54) is 93.0 Å². The first-order chi connectivity index (χ1) is 42.5. The highest BCUT2D eigenvalue weighted by molar-refractivity contribution is 8.24. The molecule has 0 aromatic heterocycles. The molecular weight excluding hydrogens is 1290 g/mol. The van der Waals surface area contributed by atoms with E-state index >= 15 is 0 Å². The Labute approximate surface area is 547 Å². The van der Waals surface area contributed by atoms with E-state index in [0.29, 0.717) is 79.6 Å². The van der Waals surface area contributed by atoms with Gasteiger partial charge >= 0.3 is 0 Å². The Bertz CT molecular complexity index is 2980. The van der Waals surface area contributed by atoms with Gasteiger partial charge in [0.2, 0.25) is 0 Å². The third-order valence-electron chi connectivity index (χ3n) is 14.6. The van der Waals surface area contributed by atoms with Crippen molar-refractivity contribution in [3.05, 3.63) is 128 Å². The van der Waals surface area contributed by atoms with Crippen molar-refractivity contribution in [2.45, 2.75) is 13.2 Å². The molecule has 8 amide bonds. The Morgan fingerprint density at radius 3 is 0.920 bits per heavy atom. The van der Waals surface area contributed by atoms with Crippen LogP contribution in [-0.2, 0) is 13.2 Å². The first-order valence-electron chi connectivity index (χ1n) is 27.8. The van der Waals surface area contributed by atoms with Crippen molar-refractivity contribution in [3.63, 3.8) is 0 Å². The number of hydrogen-bond donors (Lipinski definition) is 6. The van der Waals surface area contributed by atoms with Crippen molar-refractivity contribution in [1.29, 1.82) is 0 Å². The van der Waals surface area contributed by atoms with E-state index in [-0.39, 0.29) is 131 Å². The maximum atomic E-state index is 14.0. The molecule has 0 unspecified atom stereocenters. The van der Waals surface area contributed by atoms with E-state index in [1.54, 1.807) is 60.7 Å². The Balaban J connectivity index is 1.01. The smallest absolute Gasteiger partial charge is 0.263 e. The molecule has 4 aliphatic rings. The van der Waals surface area contributed by atoms with E-state index in [4.69, 9.17) is 58.3 Å². The molecule has 4 aromatic carbocycles. The van der Waals surface area contributed by atoms with Crippen molar-refractivity contribution in [3.8, 4) is 11.5 Å². The fraction of sp³-hybridized carbons (Fsp3) is 0.379. The summed E-state index contributed by atoms with van der Waals surface area (Å²) in [5, 5.41) is 32.8. The Morgan fingerprint density at radius 1 is 0.409 bits per heavy atom. The van der Waals surface area contributed by atoms with Crippen LogP contribution in [-0.4, -0.2) is 233 Å². The van der Waals surface area contributed by atoms with Gasteiger partial charge in [-0.1, -0.05) is 120 Å². The Morgan fingerprint density at radius 2 is 0.659 bits per heavy atom. The Kier molecular flexibility index (Phi) is 25.1.